The van der Waals surface area contributed by atoms with Crippen molar-refractivity contribution in [3.63, 3.8) is 0 Å². The van der Waals surface area contributed by atoms with Crippen molar-refractivity contribution >= 4 is 0 Å². The summed E-state index contributed by atoms with van der Waals surface area (Å²) in [5, 5.41) is 9.14. The van der Waals surface area contributed by atoms with E-state index in [1.165, 1.54) is 50.5 Å². The van der Waals surface area contributed by atoms with Crippen molar-refractivity contribution in [1.29, 1.82) is 5.26 Å². The molecule has 0 N–H and O–H groups in total. The molecule has 1 heteroatoms. The molecule has 0 atom stereocenters. The number of nitriles is 1. The molecule has 0 aromatic heterocycles. The fraction of sp³-hybridized carbons (Fsp3) is 0.786. The second-order valence-electron chi connectivity index (χ2n) is 4.83. The summed E-state index contributed by atoms with van der Waals surface area (Å²) in [6.45, 7) is 4.53. The molecule has 84 valence electrons. The summed E-state index contributed by atoms with van der Waals surface area (Å²) in [4.78, 5) is 0. The molecule has 0 amide bonds. The van der Waals surface area contributed by atoms with Gasteiger partial charge in [0.25, 0.3) is 0 Å². The van der Waals surface area contributed by atoms with Crippen LogP contribution in [0.4, 0.5) is 0 Å². The largest absolute Gasteiger partial charge is 0.193 e. The fourth-order valence-electron chi connectivity index (χ4n) is 2.28. The van der Waals surface area contributed by atoms with Crippen LogP contribution in [0.5, 0.6) is 0 Å². The van der Waals surface area contributed by atoms with Crippen LogP contribution in [-0.2, 0) is 0 Å². The van der Waals surface area contributed by atoms with E-state index in [1.54, 1.807) is 0 Å². The topological polar surface area (TPSA) is 23.8 Å². The van der Waals surface area contributed by atoms with Crippen LogP contribution >= 0.6 is 0 Å². The Labute approximate surface area is 94.2 Å². The van der Waals surface area contributed by atoms with Gasteiger partial charge < -0.3 is 0 Å². The first kappa shape index (κ1) is 12.3. The molecule has 0 radical (unpaired) electrons. The highest BCUT2D eigenvalue weighted by molar-refractivity contribution is 5.28. The van der Waals surface area contributed by atoms with Crippen LogP contribution in [0.15, 0.2) is 11.1 Å². The molecule has 0 heterocycles. The molecule has 0 saturated heterocycles. The molecule has 1 fully saturated rings. The zero-order valence-electron chi connectivity index (χ0n) is 10.2. The van der Waals surface area contributed by atoms with Gasteiger partial charge in [-0.05, 0) is 44.4 Å². The third-order valence-electron chi connectivity index (χ3n) is 3.47. The number of hydrogen-bond acceptors (Lipinski definition) is 1. The first-order valence-electron chi connectivity index (χ1n) is 6.39. The summed E-state index contributed by atoms with van der Waals surface area (Å²) >= 11 is 0. The maximum absolute atomic E-state index is 9.14. The van der Waals surface area contributed by atoms with Crippen molar-refractivity contribution in [1.82, 2.24) is 0 Å². The SMILES string of the molecule is CCCCCC(C#N)=C1CCC(C)CC1. The predicted octanol–water partition coefficient (Wildman–Crippen LogP) is 4.60. The number of nitrogens with zero attached hydrogens (tertiary/aromatic N) is 1. The fourth-order valence-corrected chi connectivity index (χ4v) is 2.28. The molecule has 1 aliphatic rings. The summed E-state index contributed by atoms with van der Waals surface area (Å²) in [5.74, 6) is 0.865. The van der Waals surface area contributed by atoms with Crippen molar-refractivity contribution in [3.05, 3.63) is 11.1 Å². The Morgan fingerprint density at radius 2 is 2.00 bits per heavy atom. The molecule has 0 aromatic carbocycles. The van der Waals surface area contributed by atoms with Gasteiger partial charge in [0.2, 0.25) is 0 Å². The van der Waals surface area contributed by atoms with Crippen LogP contribution in [0.1, 0.15) is 65.2 Å². The molecule has 0 aromatic rings. The number of hydrogen-bond donors (Lipinski definition) is 0. The lowest BCUT2D eigenvalue weighted by molar-refractivity contribution is 0.441. The van der Waals surface area contributed by atoms with Crippen molar-refractivity contribution < 1.29 is 0 Å². The summed E-state index contributed by atoms with van der Waals surface area (Å²) < 4.78 is 0. The number of rotatable bonds is 4. The van der Waals surface area contributed by atoms with E-state index in [0.29, 0.717) is 0 Å². The van der Waals surface area contributed by atoms with Gasteiger partial charge >= 0.3 is 0 Å². The third kappa shape index (κ3) is 4.08. The van der Waals surface area contributed by atoms with Crippen LogP contribution in [-0.4, -0.2) is 0 Å². The first-order valence-corrected chi connectivity index (χ1v) is 6.39. The number of unbranched alkanes of at least 4 members (excludes halogenated alkanes) is 2. The lowest BCUT2D eigenvalue weighted by Crippen LogP contribution is -2.06. The smallest absolute Gasteiger partial charge is 0.0946 e. The summed E-state index contributed by atoms with van der Waals surface area (Å²) in [6, 6.07) is 2.43. The maximum Gasteiger partial charge on any atom is 0.0946 e. The normalized spacial score (nSPS) is 21.1. The molecule has 1 saturated carbocycles. The minimum absolute atomic E-state index is 0.865. The summed E-state index contributed by atoms with van der Waals surface area (Å²) in [5.41, 5.74) is 2.57. The lowest BCUT2D eigenvalue weighted by Gasteiger charge is -2.21. The van der Waals surface area contributed by atoms with Gasteiger partial charge in [0, 0.05) is 5.57 Å². The van der Waals surface area contributed by atoms with E-state index in [1.807, 2.05) is 0 Å². The molecule has 1 aliphatic carbocycles. The molecule has 15 heavy (non-hydrogen) atoms. The standard InChI is InChI=1S/C14H23N/c1-3-4-5-6-14(11-15)13-9-7-12(2)8-10-13/h12H,3-10H2,1-2H3. The van der Waals surface area contributed by atoms with Crippen molar-refractivity contribution in [2.24, 2.45) is 5.92 Å². The molecular weight excluding hydrogens is 182 g/mol. The Bertz CT molecular complexity index is 247. The van der Waals surface area contributed by atoms with Crippen LogP contribution in [0.25, 0.3) is 0 Å². The Balaban J connectivity index is 2.48. The number of allylic oxidation sites excluding steroid dienone is 2. The Hall–Kier alpha value is -0.770. The van der Waals surface area contributed by atoms with Gasteiger partial charge in [-0.2, -0.15) is 5.26 Å². The Morgan fingerprint density at radius 1 is 1.33 bits per heavy atom. The zero-order valence-corrected chi connectivity index (χ0v) is 10.2. The predicted molar refractivity (Wildman–Crippen MR) is 64.4 cm³/mol. The van der Waals surface area contributed by atoms with E-state index >= 15 is 0 Å². The van der Waals surface area contributed by atoms with Gasteiger partial charge in [-0.3, -0.25) is 0 Å². The highest BCUT2D eigenvalue weighted by atomic mass is 14.3. The molecule has 1 nitrogen and oxygen atoms in total. The van der Waals surface area contributed by atoms with E-state index in [-0.39, 0.29) is 0 Å². The van der Waals surface area contributed by atoms with Crippen molar-refractivity contribution in [2.75, 3.05) is 0 Å². The Kier molecular flexibility index (Phi) is 5.47. The van der Waals surface area contributed by atoms with Gasteiger partial charge in [0.1, 0.15) is 0 Å². The minimum atomic E-state index is 0.865. The average Bonchev–Trinajstić information content (AvgIpc) is 2.26. The van der Waals surface area contributed by atoms with Gasteiger partial charge in [0.15, 0.2) is 0 Å². The molecule has 0 unspecified atom stereocenters. The van der Waals surface area contributed by atoms with Gasteiger partial charge in [-0.25, -0.2) is 0 Å². The molecule has 1 rings (SSSR count). The van der Waals surface area contributed by atoms with Crippen LogP contribution in [0.2, 0.25) is 0 Å². The Morgan fingerprint density at radius 3 is 2.53 bits per heavy atom. The van der Waals surface area contributed by atoms with Crippen molar-refractivity contribution in [3.8, 4) is 6.07 Å². The third-order valence-corrected chi connectivity index (χ3v) is 3.47. The van der Waals surface area contributed by atoms with E-state index in [9.17, 15) is 0 Å². The summed E-state index contributed by atoms with van der Waals surface area (Å²) in [6.07, 6.45) is 9.64. The zero-order chi connectivity index (χ0) is 11.1. The molecule has 0 spiro atoms. The van der Waals surface area contributed by atoms with Crippen LogP contribution in [0.3, 0.4) is 0 Å². The maximum atomic E-state index is 9.14. The van der Waals surface area contributed by atoms with E-state index in [0.717, 1.165) is 17.9 Å². The molecule has 0 aliphatic heterocycles. The average molecular weight is 205 g/mol. The van der Waals surface area contributed by atoms with E-state index in [2.05, 4.69) is 19.9 Å². The van der Waals surface area contributed by atoms with Crippen LogP contribution in [0, 0.1) is 17.2 Å². The second kappa shape index (κ2) is 6.67. The van der Waals surface area contributed by atoms with Crippen LogP contribution < -0.4 is 0 Å². The lowest BCUT2D eigenvalue weighted by atomic mass is 9.84. The van der Waals surface area contributed by atoms with Gasteiger partial charge in [-0.1, -0.05) is 32.3 Å². The monoisotopic (exact) mass is 205 g/mol. The van der Waals surface area contributed by atoms with E-state index < -0.39 is 0 Å². The van der Waals surface area contributed by atoms with Gasteiger partial charge in [-0.15, -0.1) is 0 Å². The molecule has 0 bridgehead atoms. The van der Waals surface area contributed by atoms with Crippen molar-refractivity contribution in [2.45, 2.75) is 65.2 Å². The highest BCUT2D eigenvalue weighted by Crippen LogP contribution is 2.31. The molecular formula is C14H23N. The second-order valence-corrected chi connectivity index (χ2v) is 4.83. The van der Waals surface area contributed by atoms with Gasteiger partial charge in [0.05, 0.1) is 6.07 Å². The highest BCUT2D eigenvalue weighted by Gasteiger charge is 2.15. The first-order chi connectivity index (χ1) is 7.27. The summed E-state index contributed by atoms with van der Waals surface area (Å²) in [7, 11) is 0. The van der Waals surface area contributed by atoms with E-state index in [4.69, 9.17) is 5.26 Å². The minimum Gasteiger partial charge on any atom is -0.193 e. The quantitative estimate of drug-likeness (QED) is 0.486.